The van der Waals surface area contributed by atoms with Gasteiger partial charge in [-0.25, -0.2) is 4.39 Å². The Morgan fingerprint density at radius 1 is 1.41 bits per heavy atom. The van der Waals surface area contributed by atoms with Crippen LogP contribution >= 0.6 is 11.8 Å². The summed E-state index contributed by atoms with van der Waals surface area (Å²) in [5.41, 5.74) is 0.496. The average molecular weight is 253 g/mol. The number of amides is 2. The summed E-state index contributed by atoms with van der Waals surface area (Å²) in [5, 5.41) is 1.70. The molecule has 0 spiro atoms. The van der Waals surface area contributed by atoms with Gasteiger partial charge in [-0.3, -0.25) is 14.9 Å². The van der Waals surface area contributed by atoms with E-state index in [1.54, 1.807) is 6.07 Å². The zero-order valence-corrected chi connectivity index (χ0v) is 9.64. The maximum atomic E-state index is 13.4. The van der Waals surface area contributed by atoms with Crippen LogP contribution in [0.2, 0.25) is 0 Å². The Morgan fingerprint density at radius 2 is 2.18 bits per heavy atom. The Bertz CT molecular complexity index is 527. The second kappa shape index (κ2) is 4.58. The number of hydrogen-bond donors (Lipinski definition) is 1. The fourth-order valence-electron chi connectivity index (χ4n) is 1.34. The van der Waals surface area contributed by atoms with Gasteiger partial charge in [0.25, 0.3) is 11.1 Å². The summed E-state index contributed by atoms with van der Waals surface area (Å²) in [6.45, 7) is 0. The van der Waals surface area contributed by atoms with Gasteiger partial charge in [-0.1, -0.05) is 6.07 Å². The van der Waals surface area contributed by atoms with Gasteiger partial charge < -0.3 is 4.74 Å². The van der Waals surface area contributed by atoms with Crippen molar-refractivity contribution in [1.82, 2.24) is 5.32 Å². The zero-order valence-electron chi connectivity index (χ0n) is 8.82. The van der Waals surface area contributed by atoms with E-state index < -0.39 is 17.0 Å². The Labute approximate surface area is 101 Å². The lowest BCUT2D eigenvalue weighted by molar-refractivity contribution is -0.115. The molecule has 0 unspecified atom stereocenters. The minimum absolute atomic E-state index is 0.131. The van der Waals surface area contributed by atoms with Crippen LogP contribution in [0.3, 0.4) is 0 Å². The molecule has 2 rings (SSSR count). The van der Waals surface area contributed by atoms with Crippen LogP contribution in [0.15, 0.2) is 23.1 Å². The van der Waals surface area contributed by atoms with Gasteiger partial charge in [-0.15, -0.1) is 0 Å². The number of imide groups is 1. The molecule has 1 heterocycles. The fourth-order valence-corrected chi connectivity index (χ4v) is 2.03. The number of carbonyl (C=O) groups excluding carboxylic acids is 2. The number of carbonyl (C=O) groups is 2. The first kappa shape index (κ1) is 11.7. The van der Waals surface area contributed by atoms with Gasteiger partial charge in [-0.2, -0.15) is 0 Å². The van der Waals surface area contributed by atoms with E-state index >= 15 is 0 Å². The van der Waals surface area contributed by atoms with Crippen LogP contribution in [0.25, 0.3) is 6.08 Å². The van der Waals surface area contributed by atoms with Gasteiger partial charge in [0, 0.05) is 0 Å². The highest BCUT2D eigenvalue weighted by Gasteiger charge is 2.24. The van der Waals surface area contributed by atoms with E-state index in [4.69, 9.17) is 4.74 Å². The van der Waals surface area contributed by atoms with Crippen molar-refractivity contribution in [2.45, 2.75) is 0 Å². The van der Waals surface area contributed by atoms with Gasteiger partial charge in [0.05, 0.1) is 12.0 Å². The molecule has 0 bridgehead atoms. The highest BCUT2D eigenvalue weighted by atomic mass is 32.2. The summed E-state index contributed by atoms with van der Waals surface area (Å²) in [5.74, 6) is -0.848. The van der Waals surface area contributed by atoms with Crippen LogP contribution < -0.4 is 10.1 Å². The van der Waals surface area contributed by atoms with E-state index in [9.17, 15) is 14.0 Å². The van der Waals surface area contributed by atoms with Crippen LogP contribution in [-0.4, -0.2) is 18.3 Å². The molecule has 2 amide bonds. The van der Waals surface area contributed by atoms with Crippen molar-refractivity contribution < 1.29 is 18.7 Å². The van der Waals surface area contributed by atoms with Gasteiger partial charge in [0.15, 0.2) is 11.6 Å². The van der Waals surface area contributed by atoms with Gasteiger partial charge in [0.2, 0.25) is 0 Å². The number of hydrogen-bond acceptors (Lipinski definition) is 4. The van der Waals surface area contributed by atoms with Crippen LogP contribution in [0.1, 0.15) is 5.56 Å². The number of halogens is 1. The molecule has 0 atom stereocenters. The average Bonchev–Trinajstić information content (AvgIpc) is 2.58. The summed E-state index contributed by atoms with van der Waals surface area (Å²) >= 11 is 0.792. The molecule has 1 fully saturated rings. The lowest BCUT2D eigenvalue weighted by atomic mass is 10.2. The van der Waals surface area contributed by atoms with E-state index in [2.05, 4.69) is 5.32 Å². The maximum Gasteiger partial charge on any atom is 0.290 e. The molecule has 1 aromatic rings. The summed E-state index contributed by atoms with van der Waals surface area (Å²) in [6.07, 6.45) is 1.45. The molecule has 1 aliphatic rings. The maximum absolute atomic E-state index is 13.4. The Kier molecular flexibility index (Phi) is 3.14. The molecular weight excluding hydrogens is 245 g/mol. The summed E-state index contributed by atoms with van der Waals surface area (Å²) in [7, 11) is 1.37. The number of benzene rings is 1. The largest absolute Gasteiger partial charge is 0.494 e. The molecule has 0 aromatic heterocycles. The molecule has 6 heteroatoms. The standard InChI is InChI=1S/C11H8FNO3S/c1-16-8-3-2-6(4-7(8)12)5-9-10(14)13-11(15)17-9/h2-5H,1H3,(H,13,14,15)/b9-5-. The Morgan fingerprint density at radius 3 is 2.71 bits per heavy atom. The quantitative estimate of drug-likeness (QED) is 0.820. The number of methoxy groups -OCH3 is 1. The van der Waals surface area contributed by atoms with Crippen molar-refractivity contribution in [3.8, 4) is 5.75 Å². The summed E-state index contributed by atoms with van der Waals surface area (Å²) < 4.78 is 18.1. The minimum atomic E-state index is -0.517. The van der Waals surface area contributed by atoms with Crippen LogP contribution in [0, 0.1) is 5.82 Å². The smallest absolute Gasteiger partial charge is 0.290 e. The van der Waals surface area contributed by atoms with Gasteiger partial charge in [-0.05, 0) is 35.5 Å². The predicted molar refractivity (Wildman–Crippen MR) is 62.1 cm³/mol. The predicted octanol–water partition coefficient (Wildman–Crippen LogP) is 2.16. The third-order valence-electron chi connectivity index (χ3n) is 2.12. The SMILES string of the molecule is COc1ccc(/C=C2\SC(=O)NC2=O)cc1F. The van der Waals surface area contributed by atoms with Crippen molar-refractivity contribution in [2.24, 2.45) is 0 Å². The first-order valence-corrected chi connectivity index (χ1v) is 5.50. The molecule has 0 aliphatic carbocycles. The molecule has 1 N–H and O–H groups in total. The van der Waals surface area contributed by atoms with Crippen LogP contribution in [0.5, 0.6) is 5.75 Å². The van der Waals surface area contributed by atoms with E-state index in [1.807, 2.05) is 0 Å². The number of rotatable bonds is 2. The van der Waals surface area contributed by atoms with Gasteiger partial charge in [0.1, 0.15) is 0 Å². The van der Waals surface area contributed by atoms with Crippen molar-refractivity contribution in [1.29, 1.82) is 0 Å². The molecular formula is C11H8FNO3S. The molecule has 4 nitrogen and oxygen atoms in total. The van der Waals surface area contributed by atoms with Crippen molar-refractivity contribution >= 4 is 29.0 Å². The molecule has 88 valence electrons. The molecule has 1 aromatic carbocycles. The third kappa shape index (κ3) is 2.47. The van der Waals surface area contributed by atoms with Crippen molar-refractivity contribution in [3.05, 3.63) is 34.5 Å². The molecule has 1 aliphatic heterocycles. The van der Waals surface area contributed by atoms with Crippen molar-refractivity contribution in [3.63, 3.8) is 0 Å². The normalized spacial score (nSPS) is 17.4. The minimum Gasteiger partial charge on any atom is -0.494 e. The lowest BCUT2D eigenvalue weighted by Crippen LogP contribution is -2.17. The fraction of sp³-hybridized carbons (Fsp3) is 0.0909. The first-order valence-electron chi connectivity index (χ1n) is 4.68. The highest BCUT2D eigenvalue weighted by Crippen LogP contribution is 2.26. The molecule has 17 heavy (non-hydrogen) atoms. The number of nitrogens with one attached hydrogen (secondary N) is 1. The summed E-state index contributed by atoms with van der Waals surface area (Å²) in [6, 6.07) is 4.30. The number of thioether (sulfide) groups is 1. The van der Waals surface area contributed by atoms with Crippen LogP contribution in [0.4, 0.5) is 9.18 Å². The van der Waals surface area contributed by atoms with E-state index in [-0.39, 0.29) is 10.7 Å². The second-order valence-electron chi connectivity index (χ2n) is 3.25. The third-order valence-corrected chi connectivity index (χ3v) is 2.93. The second-order valence-corrected chi connectivity index (χ2v) is 4.26. The van der Waals surface area contributed by atoms with Crippen LogP contribution in [-0.2, 0) is 4.79 Å². The van der Waals surface area contributed by atoms with E-state index in [0.29, 0.717) is 5.56 Å². The summed E-state index contributed by atoms with van der Waals surface area (Å²) in [4.78, 5) is 22.4. The van der Waals surface area contributed by atoms with Crippen molar-refractivity contribution in [2.75, 3.05) is 7.11 Å². The first-order chi connectivity index (χ1) is 8.10. The Balaban J connectivity index is 2.30. The highest BCUT2D eigenvalue weighted by molar-refractivity contribution is 8.18. The monoisotopic (exact) mass is 253 g/mol. The topological polar surface area (TPSA) is 55.4 Å². The van der Waals surface area contributed by atoms with E-state index in [0.717, 1.165) is 11.8 Å². The molecule has 1 saturated heterocycles. The zero-order chi connectivity index (χ0) is 12.4. The molecule has 0 radical (unpaired) electrons. The van der Waals surface area contributed by atoms with E-state index in [1.165, 1.54) is 25.3 Å². The Hall–Kier alpha value is -1.82. The molecule has 0 saturated carbocycles. The van der Waals surface area contributed by atoms with Gasteiger partial charge >= 0.3 is 0 Å². The lowest BCUT2D eigenvalue weighted by Gasteiger charge is -2.02. The number of ether oxygens (including phenoxy) is 1.